The molecule has 0 bridgehead atoms. The van der Waals surface area contributed by atoms with Crippen molar-refractivity contribution in [3.63, 3.8) is 0 Å². The summed E-state index contributed by atoms with van der Waals surface area (Å²) in [6.07, 6.45) is 3.79. The number of phenols is 2. The second-order valence-electron chi connectivity index (χ2n) is 17.6. The molecule has 2 atom stereocenters. The van der Waals surface area contributed by atoms with Gasteiger partial charge in [-0.25, -0.2) is 0 Å². The summed E-state index contributed by atoms with van der Waals surface area (Å²) in [6, 6.07) is 30.9. The summed E-state index contributed by atoms with van der Waals surface area (Å²) in [5, 5.41) is 26.3. The van der Waals surface area contributed by atoms with Crippen molar-refractivity contribution >= 4 is 26.5 Å². The second-order valence-corrected chi connectivity index (χ2v) is 22.3. The van der Waals surface area contributed by atoms with Crippen LogP contribution in [0, 0.1) is 0 Å². The fourth-order valence-corrected chi connectivity index (χ4v) is 11.8. The smallest absolute Gasteiger partial charge is 0.122 e. The Morgan fingerprint density at radius 3 is 1.02 bits per heavy atom. The highest BCUT2D eigenvalue weighted by Gasteiger charge is 2.29. The van der Waals surface area contributed by atoms with Crippen LogP contribution < -0.4 is 10.6 Å². The van der Waals surface area contributed by atoms with Crippen LogP contribution >= 0.6 is 15.8 Å². The molecule has 0 aromatic heterocycles. The third-order valence-corrected chi connectivity index (χ3v) is 14.7. The summed E-state index contributed by atoms with van der Waals surface area (Å²) in [5.41, 5.74) is 6.39. The predicted molar refractivity (Wildman–Crippen MR) is 214 cm³/mol. The minimum absolute atomic E-state index is 0.0188. The third-order valence-electron chi connectivity index (χ3n) is 9.33. The lowest BCUT2D eigenvalue weighted by molar-refractivity contribution is 0.439. The highest BCUT2D eigenvalue weighted by Crippen LogP contribution is 2.50. The number of aromatic hydroxyl groups is 2. The molecular formula is C44H60O2P2. The topological polar surface area (TPSA) is 40.5 Å². The van der Waals surface area contributed by atoms with E-state index in [1.807, 2.05) is 0 Å². The van der Waals surface area contributed by atoms with Gasteiger partial charge in [-0.3, -0.25) is 0 Å². The van der Waals surface area contributed by atoms with Crippen molar-refractivity contribution in [3.8, 4) is 11.5 Å². The van der Waals surface area contributed by atoms with Crippen LogP contribution in [0.3, 0.4) is 0 Å². The first-order valence-electron chi connectivity index (χ1n) is 17.5. The Kier molecular flexibility index (Phi) is 11.7. The van der Waals surface area contributed by atoms with E-state index >= 15 is 0 Å². The van der Waals surface area contributed by atoms with Gasteiger partial charge < -0.3 is 10.2 Å². The van der Waals surface area contributed by atoms with Crippen LogP contribution in [0.4, 0.5) is 0 Å². The maximum atomic E-state index is 11.8. The Morgan fingerprint density at radius 1 is 0.438 bits per heavy atom. The van der Waals surface area contributed by atoms with E-state index in [9.17, 15) is 10.2 Å². The number of rotatable bonds is 9. The SMILES string of the molecule is CC(C)(C)c1cc(C[P@@](CC[P@@](Cc2cc(C(C)(C)C)cc(C(C)(C)C)c2O)c2ccccc2)c2ccccc2)c(O)c(C(C)(C)C)c1. The number of phenolic OH excluding ortho intramolecular Hbond substituents is 2. The standard InChI is InChI=1S/C44H60O2P2/c1-41(2,3)33-25-31(39(45)37(27-33)43(7,8)9)29-47(35-19-15-13-16-20-35)23-24-48(36-21-17-14-18-22-36)30-32-26-34(42(4,5)6)28-38(40(32)46)44(10,11)12/h13-22,25-28,45-46H,23-24,29-30H2,1-12H3/t47-,48+. The lowest BCUT2D eigenvalue weighted by atomic mass is 9.79. The molecule has 2 nitrogen and oxygen atoms in total. The van der Waals surface area contributed by atoms with Crippen LogP contribution in [-0.2, 0) is 34.0 Å². The fraction of sp³-hybridized carbons (Fsp3) is 0.455. The number of hydrogen-bond donors (Lipinski definition) is 2. The average molecular weight is 683 g/mol. The maximum absolute atomic E-state index is 11.8. The molecule has 0 heterocycles. The van der Waals surface area contributed by atoms with E-state index in [0.29, 0.717) is 11.5 Å². The van der Waals surface area contributed by atoms with Gasteiger partial charge in [0.1, 0.15) is 11.5 Å². The molecule has 0 unspecified atom stereocenters. The molecule has 0 aliphatic carbocycles. The first kappa shape index (κ1) is 38.1. The minimum atomic E-state index is -0.606. The van der Waals surface area contributed by atoms with Crippen LogP contribution in [0.1, 0.15) is 116 Å². The molecule has 48 heavy (non-hydrogen) atoms. The summed E-state index contributed by atoms with van der Waals surface area (Å²) in [6.45, 7) is 26.7. The molecule has 4 aromatic carbocycles. The summed E-state index contributed by atoms with van der Waals surface area (Å²) >= 11 is 0. The Labute approximate surface area is 294 Å². The molecule has 0 aliphatic heterocycles. The van der Waals surface area contributed by atoms with Crippen LogP contribution in [0.5, 0.6) is 11.5 Å². The summed E-state index contributed by atoms with van der Waals surface area (Å²) in [7, 11) is -1.21. The van der Waals surface area contributed by atoms with Crippen LogP contribution in [-0.4, -0.2) is 22.5 Å². The molecular weight excluding hydrogens is 622 g/mol. The van der Waals surface area contributed by atoms with E-state index in [1.165, 1.54) is 21.7 Å². The molecule has 0 saturated carbocycles. The lowest BCUT2D eigenvalue weighted by Crippen LogP contribution is -2.18. The van der Waals surface area contributed by atoms with Crippen molar-refractivity contribution in [1.82, 2.24) is 0 Å². The first-order valence-corrected chi connectivity index (χ1v) is 20.9. The van der Waals surface area contributed by atoms with E-state index < -0.39 is 15.8 Å². The van der Waals surface area contributed by atoms with Crippen molar-refractivity contribution in [2.24, 2.45) is 0 Å². The van der Waals surface area contributed by atoms with E-state index in [4.69, 9.17) is 0 Å². The summed E-state index contributed by atoms with van der Waals surface area (Å²) in [4.78, 5) is 0. The molecule has 4 rings (SSSR count). The molecule has 0 saturated heterocycles. The highest BCUT2D eigenvalue weighted by molar-refractivity contribution is 7.68. The number of benzene rings is 4. The average Bonchev–Trinajstić information content (AvgIpc) is 2.98. The monoisotopic (exact) mass is 682 g/mol. The summed E-state index contributed by atoms with van der Waals surface area (Å²) in [5.74, 6) is 0.922. The van der Waals surface area contributed by atoms with Gasteiger partial charge in [0.25, 0.3) is 0 Å². The van der Waals surface area contributed by atoms with Gasteiger partial charge in [-0.1, -0.05) is 184 Å². The van der Waals surface area contributed by atoms with E-state index in [2.05, 4.69) is 168 Å². The van der Waals surface area contributed by atoms with Crippen LogP contribution in [0.25, 0.3) is 0 Å². The Morgan fingerprint density at radius 2 is 0.750 bits per heavy atom. The molecule has 4 aromatic rings. The Balaban J connectivity index is 1.77. The van der Waals surface area contributed by atoms with Crippen molar-refractivity contribution in [1.29, 1.82) is 0 Å². The van der Waals surface area contributed by atoms with Gasteiger partial charge in [0.15, 0.2) is 0 Å². The maximum Gasteiger partial charge on any atom is 0.122 e. The Bertz CT molecular complexity index is 1540. The lowest BCUT2D eigenvalue weighted by Gasteiger charge is -2.30. The van der Waals surface area contributed by atoms with E-state index in [0.717, 1.165) is 46.9 Å². The second kappa shape index (κ2) is 14.7. The van der Waals surface area contributed by atoms with E-state index in [1.54, 1.807) is 0 Å². The minimum Gasteiger partial charge on any atom is -0.507 e. The first-order chi connectivity index (χ1) is 22.2. The van der Waals surface area contributed by atoms with Crippen molar-refractivity contribution in [2.75, 3.05) is 12.3 Å². The largest absolute Gasteiger partial charge is 0.507 e. The van der Waals surface area contributed by atoms with Gasteiger partial charge >= 0.3 is 0 Å². The molecule has 0 aliphatic rings. The normalized spacial score (nSPS) is 14.2. The molecule has 4 heteroatoms. The van der Waals surface area contributed by atoms with Crippen molar-refractivity contribution < 1.29 is 10.2 Å². The molecule has 0 amide bonds. The van der Waals surface area contributed by atoms with Gasteiger partial charge in [0, 0.05) is 12.3 Å². The van der Waals surface area contributed by atoms with Crippen molar-refractivity contribution in [2.45, 2.75) is 117 Å². The fourth-order valence-electron chi connectivity index (χ4n) is 6.17. The molecule has 2 N–H and O–H groups in total. The quantitative estimate of drug-likeness (QED) is 0.173. The highest BCUT2D eigenvalue weighted by atomic mass is 31.1. The Hall–Kier alpha value is -2.66. The zero-order valence-electron chi connectivity index (χ0n) is 31.7. The van der Waals surface area contributed by atoms with Gasteiger partial charge in [0.2, 0.25) is 0 Å². The zero-order valence-corrected chi connectivity index (χ0v) is 33.5. The van der Waals surface area contributed by atoms with Gasteiger partial charge in [-0.15, -0.1) is 0 Å². The van der Waals surface area contributed by atoms with Crippen molar-refractivity contribution in [3.05, 3.63) is 118 Å². The number of hydrogen-bond acceptors (Lipinski definition) is 2. The predicted octanol–water partition coefficient (Wildman–Crippen LogP) is 11.6. The van der Waals surface area contributed by atoms with Crippen LogP contribution in [0.2, 0.25) is 0 Å². The zero-order chi connectivity index (χ0) is 35.7. The molecule has 258 valence electrons. The van der Waals surface area contributed by atoms with Crippen LogP contribution in [0.15, 0.2) is 84.9 Å². The summed E-state index contributed by atoms with van der Waals surface area (Å²) < 4.78 is 0. The molecule has 0 spiro atoms. The molecule has 0 radical (unpaired) electrons. The van der Waals surface area contributed by atoms with Gasteiger partial charge in [0.05, 0.1) is 0 Å². The third kappa shape index (κ3) is 9.52. The molecule has 0 fully saturated rings. The van der Waals surface area contributed by atoms with Gasteiger partial charge in [-0.05, 0) is 78.0 Å². The van der Waals surface area contributed by atoms with E-state index in [-0.39, 0.29) is 21.7 Å². The van der Waals surface area contributed by atoms with Gasteiger partial charge in [-0.2, -0.15) is 0 Å².